The van der Waals surface area contributed by atoms with Gasteiger partial charge in [-0.05, 0) is 74.1 Å². The highest BCUT2D eigenvalue weighted by atomic mass is 16.5. The number of amides is 1. The van der Waals surface area contributed by atoms with Crippen molar-refractivity contribution >= 4 is 23.7 Å². The molecule has 2 aromatic carbocycles. The zero-order valence-corrected chi connectivity index (χ0v) is 26.6. The molecule has 11 nitrogen and oxygen atoms in total. The van der Waals surface area contributed by atoms with Crippen LogP contribution in [0, 0.1) is 0 Å². The number of ether oxygens (including phenoxy) is 4. The van der Waals surface area contributed by atoms with Crippen LogP contribution in [-0.2, 0) is 20.9 Å². The first-order valence-corrected chi connectivity index (χ1v) is 15.2. The number of allylic oxidation sites excluding steroid dienone is 1. The summed E-state index contributed by atoms with van der Waals surface area (Å²) in [5, 5.41) is 26.1. The molecule has 0 saturated heterocycles. The number of fused-ring (bicyclic) bond motifs is 1. The van der Waals surface area contributed by atoms with Crippen LogP contribution in [0.3, 0.4) is 0 Å². The van der Waals surface area contributed by atoms with Crippen molar-refractivity contribution in [1.82, 2.24) is 5.32 Å². The normalized spacial score (nSPS) is 16.5. The molecule has 246 valence electrons. The summed E-state index contributed by atoms with van der Waals surface area (Å²) >= 11 is 0. The molecule has 11 heteroatoms. The Morgan fingerprint density at radius 1 is 1.04 bits per heavy atom. The Hall–Kier alpha value is -4.93. The predicted octanol–water partition coefficient (Wildman–Crippen LogP) is 6.04. The fourth-order valence-corrected chi connectivity index (χ4v) is 5.56. The lowest BCUT2D eigenvalue weighted by molar-refractivity contribution is -0.121. The van der Waals surface area contributed by atoms with E-state index in [-0.39, 0.29) is 41.2 Å². The van der Waals surface area contributed by atoms with E-state index in [2.05, 4.69) is 5.32 Å². The number of Topliss-reactive ketones (excluding diaryl/α,β-unsaturated/α-hetero) is 1. The smallest absolute Gasteiger partial charge is 0.342 e. The van der Waals surface area contributed by atoms with Crippen molar-refractivity contribution in [2.24, 2.45) is 0 Å². The lowest BCUT2D eigenvalue weighted by atomic mass is 9.84. The van der Waals surface area contributed by atoms with Crippen LogP contribution in [0.5, 0.6) is 28.7 Å². The number of esters is 1. The third-order valence-electron chi connectivity index (χ3n) is 7.92. The van der Waals surface area contributed by atoms with Crippen LogP contribution in [0.25, 0.3) is 6.08 Å². The molecule has 46 heavy (non-hydrogen) atoms. The van der Waals surface area contributed by atoms with Crippen molar-refractivity contribution in [3.8, 4) is 28.7 Å². The maximum absolute atomic E-state index is 13.6. The number of ketones is 1. The van der Waals surface area contributed by atoms with Crippen LogP contribution in [0.15, 0.2) is 47.1 Å². The number of benzene rings is 2. The number of rotatable bonds is 9. The summed E-state index contributed by atoms with van der Waals surface area (Å²) in [6, 6.07) is 8.05. The Morgan fingerprint density at radius 3 is 2.41 bits per heavy atom. The summed E-state index contributed by atoms with van der Waals surface area (Å²) in [7, 11) is 4.36. The number of cyclic esters (lactones) is 1. The number of phenolic OH excluding ortho intramolecular Hbond substituents is 2. The number of carbonyl (C=O) groups is 3. The van der Waals surface area contributed by atoms with Gasteiger partial charge in [0.1, 0.15) is 28.6 Å². The summed E-state index contributed by atoms with van der Waals surface area (Å²) in [6.07, 6.45) is 7.21. The Kier molecular flexibility index (Phi) is 11.7. The summed E-state index contributed by atoms with van der Waals surface area (Å²) in [6.45, 7) is 1.85. The summed E-state index contributed by atoms with van der Waals surface area (Å²) in [4.78, 5) is 39.1. The molecule has 2 atom stereocenters. The highest BCUT2D eigenvalue weighted by molar-refractivity contribution is 5.98. The van der Waals surface area contributed by atoms with E-state index in [0.717, 1.165) is 0 Å². The first-order valence-electron chi connectivity index (χ1n) is 15.2. The predicted molar refractivity (Wildman–Crippen MR) is 170 cm³/mol. The summed E-state index contributed by atoms with van der Waals surface area (Å²) in [5.41, 5.74) is 0.490. The van der Waals surface area contributed by atoms with Crippen LogP contribution in [0.1, 0.15) is 90.6 Å². The standard InChI is InChI=1S/C35H41NO10/c1-21-10-8-13-24(37)12-7-5-6-11-22-16-27(38)32(33(40)31(22)35(41)46-21)26(19-30(39)36-20-25-14-9-15-45-25)23-17-28(42-2)34(44-4)29(18-23)43-3/h6,9,11,14-18,21,26,38,40H,5,7-8,10,12-13,19-20H2,1-4H3,(H,36,39)/t21-,26?/m0/s1. The fourth-order valence-electron chi connectivity index (χ4n) is 5.56. The number of hydrogen-bond donors (Lipinski definition) is 3. The van der Waals surface area contributed by atoms with Gasteiger partial charge < -0.3 is 38.9 Å². The van der Waals surface area contributed by atoms with Gasteiger partial charge in [-0.15, -0.1) is 0 Å². The van der Waals surface area contributed by atoms with E-state index in [9.17, 15) is 24.6 Å². The highest BCUT2D eigenvalue weighted by Crippen LogP contribution is 2.47. The van der Waals surface area contributed by atoms with Crippen molar-refractivity contribution in [1.29, 1.82) is 0 Å². The average Bonchev–Trinajstić information content (AvgIpc) is 3.55. The molecule has 0 radical (unpaired) electrons. The molecule has 1 aliphatic heterocycles. The minimum Gasteiger partial charge on any atom is -0.507 e. The molecule has 0 saturated carbocycles. The average molecular weight is 636 g/mol. The molecule has 3 aromatic rings. The van der Waals surface area contributed by atoms with Gasteiger partial charge in [0.15, 0.2) is 11.5 Å². The Bertz CT molecular complexity index is 1530. The Morgan fingerprint density at radius 2 is 1.76 bits per heavy atom. The van der Waals surface area contributed by atoms with Crippen molar-refractivity contribution in [2.45, 2.75) is 70.4 Å². The van der Waals surface area contributed by atoms with E-state index in [0.29, 0.717) is 67.1 Å². The van der Waals surface area contributed by atoms with Crippen LogP contribution >= 0.6 is 0 Å². The number of nitrogens with one attached hydrogen (secondary N) is 1. The fraction of sp³-hybridized carbons (Fsp3) is 0.400. The van der Waals surface area contributed by atoms with Crippen molar-refractivity contribution in [3.05, 3.63) is 70.7 Å². The number of carbonyl (C=O) groups excluding carboxylic acids is 3. The van der Waals surface area contributed by atoms with E-state index in [1.165, 1.54) is 33.7 Å². The molecule has 0 aliphatic carbocycles. The van der Waals surface area contributed by atoms with Gasteiger partial charge in [0.2, 0.25) is 11.7 Å². The third kappa shape index (κ3) is 8.21. The largest absolute Gasteiger partial charge is 0.507 e. The zero-order chi connectivity index (χ0) is 33.2. The second kappa shape index (κ2) is 15.9. The lowest BCUT2D eigenvalue weighted by Gasteiger charge is -2.24. The maximum Gasteiger partial charge on any atom is 0.342 e. The highest BCUT2D eigenvalue weighted by Gasteiger charge is 2.32. The number of phenols is 2. The van der Waals surface area contributed by atoms with Gasteiger partial charge in [-0.1, -0.05) is 12.2 Å². The number of hydrogen-bond acceptors (Lipinski definition) is 10. The molecule has 1 aliphatic rings. The Balaban J connectivity index is 1.85. The van der Waals surface area contributed by atoms with Crippen molar-refractivity contribution in [3.63, 3.8) is 0 Å². The first-order chi connectivity index (χ1) is 22.2. The zero-order valence-electron chi connectivity index (χ0n) is 26.6. The van der Waals surface area contributed by atoms with Crippen LogP contribution < -0.4 is 19.5 Å². The van der Waals surface area contributed by atoms with Gasteiger partial charge in [0.05, 0.1) is 40.2 Å². The van der Waals surface area contributed by atoms with Gasteiger partial charge in [-0.25, -0.2) is 4.79 Å². The monoisotopic (exact) mass is 635 g/mol. The Labute approximate surface area is 268 Å². The molecule has 0 bridgehead atoms. The molecule has 4 rings (SSSR count). The van der Waals surface area contributed by atoms with Gasteiger partial charge in [0.25, 0.3) is 0 Å². The van der Waals surface area contributed by atoms with E-state index >= 15 is 0 Å². The quantitative estimate of drug-likeness (QED) is 0.237. The van der Waals surface area contributed by atoms with E-state index in [1.807, 2.05) is 0 Å². The van der Waals surface area contributed by atoms with Crippen molar-refractivity contribution < 1.29 is 48.0 Å². The minimum absolute atomic E-state index is 0.0501. The van der Waals surface area contributed by atoms with E-state index in [1.54, 1.807) is 43.3 Å². The molecule has 3 N–H and O–H groups in total. The third-order valence-corrected chi connectivity index (χ3v) is 7.92. The molecular weight excluding hydrogens is 594 g/mol. The van der Waals surface area contributed by atoms with Gasteiger partial charge in [0, 0.05) is 30.7 Å². The summed E-state index contributed by atoms with van der Waals surface area (Å²) in [5.74, 6) is -1.43. The van der Waals surface area contributed by atoms with E-state index in [4.69, 9.17) is 23.4 Å². The number of aromatic hydroxyl groups is 2. The first kappa shape index (κ1) is 34.0. The van der Waals surface area contributed by atoms with Crippen molar-refractivity contribution in [2.75, 3.05) is 21.3 Å². The van der Waals surface area contributed by atoms with Crippen LogP contribution in [0.2, 0.25) is 0 Å². The second-order valence-electron chi connectivity index (χ2n) is 11.1. The molecule has 1 aromatic heterocycles. The minimum atomic E-state index is -0.982. The number of methoxy groups -OCH3 is 3. The van der Waals surface area contributed by atoms with Gasteiger partial charge in [-0.2, -0.15) is 0 Å². The SMILES string of the molecule is COc1cc(C(CC(=O)NCc2ccco2)c2c(O)cc3c(c2O)C(=O)O[C@@H](C)CCCC(=O)CCCC=C3)cc(OC)c1OC. The topological polar surface area (TPSA) is 154 Å². The van der Waals surface area contributed by atoms with E-state index < -0.39 is 29.6 Å². The van der Waals surface area contributed by atoms with Crippen LogP contribution in [0.4, 0.5) is 0 Å². The molecule has 2 heterocycles. The lowest BCUT2D eigenvalue weighted by Crippen LogP contribution is -2.25. The molecule has 1 amide bonds. The maximum atomic E-state index is 13.6. The summed E-state index contributed by atoms with van der Waals surface area (Å²) < 4.78 is 27.6. The molecular formula is C35H41NO10. The van der Waals surface area contributed by atoms with Gasteiger partial charge in [-0.3, -0.25) is 9.59 Å². The second-order valence-corrected chi connectivity index (χ2v) is 11.1. The van der Waals surface area contributed by atoms with Gasteiger partial charge >= 0.3 is 5.97 Å². The van der Waals surface area contributed by atoms with Crippen LogP contribution in [-0.4, -0.2) is 55.3 Å². The molecule has 0 fully saturated rings. The molecule has 0 spiro atoms. The molecule has 1 unspecified atom stereocenters. The number of furan rings is 1.